The Morgan fingerprint density at radius 1 is 1.16 bits per heavy atom. The summed E-state index contributed by atoms with van der Waals surface area (Å²) in [5.74, 6) is 1.94. The molecule has 1 amide bonds. The molecule has 0 aromatic carbocycles. The van der Waals surface area contributed by atoms with E-state index in [-0.39, 0.29) is 0 Å². The van der Waals surface area contributed by atoms with Crippen molar-refractivity contribution in [3.63, 3.8) is 0 Å². The molecular weight excluding hydrogens is 314 g/mol. The number of carbonyl (C=O) groups is 1. The fraction of sp³-hybridized carbons (Fsp3) is 0.632. The normalized spacial score (nSPS) is 19.6. The second kappa shape index (κ2) is 7.02. The second-order valence-electron chi connectivity index (χ2n) is 7.44. The molecule has 1 aliphatic heterocycles. The van der Waals surface area contributed by atoms with Crippen molar-refractivity contribution in [2.24, 2.45) is 5.92 Å². The van der Waals surface area contributed by atoms with Gasteiger partial charge in [0.2, 0.25) is 5.91 Å². The third kappa shape index (κ3) is 3.48. The zero-order valence-electron chi connectivity index (χ0n) is 15.0. The lowest BCUT2D eigenvalue weighted by Crippen LogP contribution is -2.49. The molecule has 0 bridgehead atoms. The van der Waals surface area contributed by atoms with Gasteiger partial charge in [-0.25, -0.2) is 9.50 Å². The Hall–Kier alpha value is -2.11. The summed E-state index contributed by atoms with van der Waals surface area (Å²) in [6.07, 6.45) is 10.8. The molecule has 1 saturated heterocycles. The largest absolute Gasteiger partial charge is 0.351 e. The third-order valence-corrected chi connectivity index (χ3v) is 5.61. The monoisotopic (exact) mass is 341 g/mol. The van der Waals surface area contributed by atoms with Crippen molar-refractivity contribution in [3.8, 4) is 0 Å². The van der Waals surface area contributed by atoms with Gasteiger partial charge in [-0.15, -0.1) is 0 Å². The minimum absolute atomic E-state index is 0.345. The number of aromatic nitrogens is 3. The summed E-state index contributed by atoms with van der Waals surface area (Å²) in [7, 11) is 0. The minimum atomic E-state index is 0.345. The predicted molar refractivity (Wildman–Crippen MR) is 97.7 cm³/mol. The average Bonchev–Trinajstić information content (AvgIpc) is 3.03. The van der Waals surface area contributed by atoms with Gasteiger partial charge in [-0.1, -0.05) is 19.3 Å². The molecule has 0 N–H and O–H groups in total. The maximum absolute atomic E-state index is 12.6. The van der Waals surface area contributed by atoms with E-state index in [1.165, 1.54) is 32.1 Å². The number of hydrogen-bond donors (Lipinski definition) is 0. The van der Waals surface area contributed by atoms with E-state index in [1.54, 1.807) is 6.20 Å². The van der Waals surface area contributed by atoms with Crippen LogP contribution in [0.25, 0.3) is 5.52 Å². The van der Waals surface area contributed by atoms with Crippen LogP contribution in [-0.2, 0) is 4.79 Å². The fourth-order valence-corrected chi connectivity index (χ4v) is 4.21. The van der Waals surface area contributed by atoms with E-state index in [0.717, 1.165) is 49.6 Å². The summed E-state index contributed by atoms with van der Waals surface area (Å²) in [6.45, 7) is 5.27. The average molecular weight is 341 g/mol. The first-order valence-corrected chi connectivity index (χ1v) is 9.54. The van der Waals surface area contributed by atoms with Gasteiger partial charge in [0.25, 0.3) is 0 Å². The van der Waals surface area contributed by atoms with Gasteiger partial charge in [0.1, 0.15) is 5.52 Å². The number of hydrogen-bond acceptors (Lipinski definition) is 4. The number of aryl methyl sites for hydroxylation is 1. The number of anilines is 1. The van der Waals surface area contributed by atoms with Gasteiger partial charge in [-0.05, 0) is 31.7 Å². The lowest BCUT2D eigenvalue weighted by molar-refractivity contribution is -0.132. The van der Waals surface area contributed by atoms with Crippen molar-refractivity contribution in [2.45, 2.75) is 45.4 Å². The highest BCUT2D eigenvalue weighted by atomic mass is 16.2. The molecule has 0 radical (unpaired) electrons. The van der Waals surface area contributed by atoms with E-state index in [0.29, 0.717) is 11.8 Å². The highest BCUT2D eigenvalue weighted by molar-refractivity contribution is 5.77. The van der Waals surface area contributed by atoms with Crippen LogP contribution in [0, 0.1) is 12.8 Å². The number of fused-ring (bicyclic) bond motifs is 1. The van der Waals surface area contributed by atoms with E-state index in [9.17, 15) is 4.79 Å². The zero-order valence-corrected chi connectivity index (χ0v) is 15.0. The van der Waals surface area contributed by atoms with Crippen LogP contribution in [0.15, 0.2) is 18.5 Å². The maximum atomic E-state index is 12.6. The maximum Gasteiger partial charge on any atom is 0.222 e. The Bertz CT molecular complexity index is 741. The van der Waals surface area contributed by atoms with Crippen molar-refractivity contribution in [2.75, 3.05) is 31.1 Å². The van der Waals surface area contributed by atoms with Gasteiger partial charge in [-0.2, -0.15) is 5.10 Å². The van der Waals surface area contributed by atoms with E-state index in [1.807, 2.05) is 22.5 Å². The first kappa shape index (κ1) is 16.4. The molecule has 2 aromatic rings. The van der Waals surface area contributed by atoms with Crippen LogP contribution in [0.2, 0.25) is 0 Å². The Morgan fingerprint density at radius 3 is 2.68 bits per heavy atom. The summed E-state index contributed by atoms with van der Waals surface area (Å²) in [5.41, 5.74) is 2.04. The molecule has 0 spiro atoms. The van der Waals surface area contributed by atoms with E-state index >= 15 is 0 Å². The lowest BCUT2D eigenvalue weighted by atomic mass is 9.86. The number of carbonyl (C=O) groups excluding carboxylic acids is 1. The first-order valence-electron chi connectivity index (χ1n) is 9.54. The van der Waals surface area contributed by atoms with Gasteiger partial charge in [-0.3, -0.25) is 4.79 Å². The van der Waals surface area contributed by atoms with Crippen LogP contribution in [0.1, 0.15) is 44.2 Å². The molecule has 2 aliphatic rings. The van der Waals surface area contributed by atoms with Crippen LogP contribution < -0.4 is 4.90 Å². The highest BCUT2D eigenvalue weighted by Gasteiger charge is 2.25. The summed E-state index contributed by atoms with van der Waals surface area (Å²) >= 11 is 0. The van der Waals surface area contributed by atoms with Gasteiger partial charge >= 0.3 is 0 Å². The van der Waals surface area contributed by atoms with Gasteiger partial charge < -0.3 is 9.80 Å². The molecule has 2 aromatic heterocycles. The molecule has 6 heteroatoms. The minimum Gasteiger partial charge on any atom is -0.351 e. The van der Waals surface area contributed by atoms with Crippen molar-refractivity contribution in [1.82, 2.24) is 19.5 Å². The standard InChI is InChI=1S/C19H27N5O/c1-15-13-17-19(20-7-8-24(17)21-15)23-11-9-22(10-12-23)18(25)14-16-5-3-2-4-6-16/h7-8,13,16H,2-6,9-12,14H2,1H3. The second-order valence-corrected chi connectivity index (χ2v) is 7.44. The summed E-state index contributed by atoms with van der Waals surface area (Å²) < 4.78 is 1.89. The van der Waals surface area contributed by atoms with Gasteiger partial charge in [0, 0.05) is 45.0 Å². The molecule has 0 unspecified atom stereocenters. The summed E-state index contributed by atoms with van der Waals surface area (Å²) in [5, 5.41) is 4.46. The zero-order chi connectivity index (χ0) is 17.2. The van der Waals surface area contributed by atoms with Crippen molar-refractivity contribution in [1.29, 1.82) is 0 Å². The molecule has 6 nitrogen and oxygen atoms in total. The molecule has 1 saturated carbocycles. The molecule has 0 atom stereocenters. The Morgan fingerprint density at radius 2 is 1.92 bits per heavy atom. The molecule has 2 fully saturated rings. The Labute approximate surface area is 148 Å². The van der Waals surface area contributed by atoms with Crippen molar-refractivity contribution >= 4 is 17.2 Å². The molecular formula is C19H27N5O. The van der Waals surface area contributed by atoms with E-state index < -0.39 is 0 Å². The Balaban J connectivity index is 1.38. The van der Waals surface area contributed by atoms with E-state index in [2.05, 4.69) is 21.0 Å². The smallest absolute Gasteiger partial charge is 0.222 e. The van der Waals surface area contributed by atoms with E-state index in [4.69, 9.17) is 0 Å². The number of piperazine rings is 1. The molecule has 134 valence electrons. The third-order valence-electron chi connectivity index (χ3n) is 5.61. The predicted octanol–water partition coefficient (Wildman–Crippen LogP) is 2.66. The van der Waals surface area contributed by atoms with Gasteiger partial charge in [0.15, 0.2) is 5.82 Å². The number of nitrogens with zero attached hydrogens (tertiary/aromatic N) is 5. The lowest BCUT2D eigenvalue weighted by Gasteiger charge is -2.36. The first-order chi connectivity index (χ1) is 12.2. The summed E-state index contributed by atoms with van der Waals surface area (Å²) in [6, 6.07) is 2.07. The van der Waals surface area contributed by atoms with Crippen LogP contribution in [0.3, 0.4) is 0 Å². The van der Waals surface area contributed by atoms with Crippen molar-refractivity contribution < 1.29 is 4.79 Å². The molecule has 4 rings (SSSR count). The SMILES string of the molecule is Cc1cc2c(N3CCN(C(=O)CC4CCCCC4)CC3)nccn2n1. The number of rotatable bonds is 3. The highest BCUT2D eigenvalue weighted by Crippen LogP contribution is 2.27. The summed E-state index contributed by atoms with van der Waals surface area (Å²) in [4.78, 5) is 21.5. The number of amides is 1. The molecule has 25 heavy (non-hydrogen) atoms. The molecule has 1 aliphatic carbocycles. The fourth-order valence-electron chi connectivity index (χ4n) is 4.21. The van der Waals surface area contributed by atoms with Crippen molar-refractivity contribution in [3.05, 3.63) is 24.2 Å². The quantitative estimate of drug-likeness (QED) is 0.861. The van der Waals surface area contributed by atoms with Crippen LogP contribution >= 0.6 is 0 Å². The van der Waals surface area contributed by atoms with Crippen LogP contribution in [0.4, 0.5) is 5.82 Å². The van der Waals surface area contributed by atoms with Gasteiger partial charge in [0.05, 0.1) is 5.69 Å². The Kier molecular flexibility index (Phi) is 4.59. The topological polar surface area (TPSA) is 53.7 Å². The van der Waals surface area contributed by atoms with Crippen LogP contribution in [-0.4, -0.2) is 51.6 Å². The molecule has 3 heterocycles. The van der Waals surface area contributed by atoms with Crippen LogP contribution in [0.5, 0.6) is 0 Å².